The zero-order chi connectivity index (χ0) is 22.4. The minimum atomic E-state index is -4.52. The predicted octanol–water partition coefficient (Wildman–Crippen LogP) is 5.88. The Kier molecular flexibility index (Phi) is 5.58. The van der Waals surface area contributed by atoms with Crippen LogP contribution in [0.4, 0.5) is 26.3 Å². The molecule has 0 saturated carbocycles. The average Bonchev–Trinajstić information content (AvgIpc) is 2.72. The van der Waals surface area contributed by atoms with E-state index in [1.54, 1.807) is 0 Å². The molecule has 2 aromatic carbocycles. The quantitative estimate of drug-likeness (QED) is 0.581. The van der Waals surface area contributed by atoms with Crippen molar-refractivity contribution in [3.63, 3.8) is 0 Å². The molecule has 2 aliphatic rings. The van der Waals surface area contributed by atoms with Crippen LogP contribution in [0.2, 0.25) is 0 Å². The summed E-state index contributed by atoms with van der Waals surface area (Å²) >= 11 is 0. The van der Waals surface area contributed by atoms with E-state index in [4.69, 9.17) is 0 Å². The molecule has 0 aromatic heterocycles. The fourth-order valence-corrected chi connectivity index (χ4v) is 5.07. The maximum absolute atomic E-state index is 13.0. The molecule has 0 spiro atoms. The molecular weight excluding hydrogens is 420 g/mol. The highest BCUT2D eigenvalue weighted by Gasteiger charge is 2.46. The lowest BCUT2D eigenvalue weighted by Crippen LogP contribution is -2.53. The van der Waals surface area contributed by atoms with Crippen LogP contribution in [0.1, 0.15) is 54.4 Å². The number of alkyl halides is 6. The lowest BCUT2D eigenvalue weighted by Gasteiger charge is -2.47. The lowest BCUT2D eigenvalue weighted by molar-refractivity contribution is -0.138. The smallest absolute Gasteiger partial charge is 0.380 e. The molecule has 2 heterocycles. The molecule has 2 aliphatic heterocycles. The summed E-state index contributed by atoms with van der Waals surface area (Å²) in [5.41, 5.74) is -2.86. The second-order valence-corrected chi connectivity index (χ2v) is 8.58. The molecule has 0 aliphatic carbocycles. The summed E-state index contributed by atoms with van der Waals surface area (Å²) in [6.45, 7) is 0. The highest BCUT2D eigenvalue weighted by atomic mass is 19.4. The van der Waals surface area contributed by atoms with Crippen molar-refractivity contribution in [2.45, 2.75) is 62.1 Å². The van der Waals surface area contributed by atoms with E-state index in [0.29, 0.717) is 12.8 Å². The van der Waals surface area contributed by atoms with Gasteiger partial charge in [-0.3, -0.25) is 0 Å². The van der Waals surface area contributed by atoms with E-state index in [0.717, 1.165) is 43.5 Å². The summed E-state index contributed by atoms with van der Waals surface area (Å²) in [5.74, 6) is -0.336. The Hall–Kier alpha value is -2.06. The van der Waals surface area contributed by atoms with Crippen LogP contribution in [0.15, 0.2) is 48.5 Å². The highest BCUT2D eigenvalue weighted by molar-refractivity contribution is 5.40. The molecule has 2 saturated heterocycles. The van der Waals surface area contributed by atoms with Crippen molar-refractivity contribution >= 4 is 0 Å². The molecule has 0 radical (unpaired) electrons. The van der Waals surface area contributed by atoms with E-state index in [-0.39, 0.29) is 29.1 Å². The van der Waals surface area contributed by atoms with Crippen molar-refractivity contribution in [2.24, 2.45) is 5.92 Å². The van der Waals surface area contributed by atoms with Crippen molar-refractivity contribution in [3.05, 3.63) is 70.8 Å². The molecular formula is C23H23F6NO. The van der Waals surface area contributed by atoms with Gasteiger partial charge in [-0.2, -0.15) is 26.3 Å². The van der Waals surface area contributed by atoms with Crippen LogP contribution in [0.3, 0.4) is 0 Å². The number of nitrogens with one attached hydrogen (secondary N) is 1. The van der Waals surface area contributed by atoms with Crippen molar-refractivity contribution in [3.8, 4) is 0 Å². The summed E-state index contributed by atoms with van der Waals surface area (Å²) in [4.78, 5) is 0. The number of benzene rings is 2. The summed E-state index contributed by atoms with van der Waals surface area (Å²) in [7, 11) is 0. The van der Waals surface area contributed by atoms with E-state index < -0.39 is 29.1 Å². The maximum atomic E-state index is 13.0. The van der Waals surface area contributed by atoms with E-state index in [1.165, 1.54) is 24.3 Å². The van der Waals surface area contributed by atoms with Gasteiger partial charge in [0.25, 0.3) is 0 Å². The third-order valence-electron chi connectivity index (χ3n) is 6.61. The molecule has 31 heavy (non-hydrogen) atoms. The predicted molar refractivity (Wildman–Crippen MR) is 103 cm³/mol. The van der Waals surface area contributed by atoms with Gasteiger partial charge in [-0.1, -0.05) is 30.7 Å². The second kappa shape index (κ2) is 7.81. The molecule has 2 bridgehead atoms. The molecule has 2 fully saturated rings. The summed E-state index contributed by atoms with van der Waals surface area (Å²) in [6.07, 6.45) is -4.92. The molecule has 168 valence electrons. The molecule has 2 nitrogen and oxygen atoms in total. The van der Waals surface area contributed by atoms with Crippen molar-refractivity contribution in [2.75, 3.05) is 0 Å². The van der Waals surface area contributed by atoms with Crippen LogP contribution in [-0.4, -0.2) is 17.2 Å². The number of fused-ring (bicyclic) bond motifs is 2. The third-order valence-corrected chi connectivity index (χ3v) is 6.61. The van der Waals surface area contributed by atoms with E-state index in [9.17, 15) is 31.4 Å². The van der Waals surface area contributed by atoms with Gasteiger partial charge < -0.3 is 10.4 Å². The van der Waals surface area contributed by atoms with Crippen LogP contribution < -0.4 is 5.32 Å². The second-order valence-electron chi connectivity index (χ2n) is 8.58. The molecule has 0 amide bonds. The topological polar surface area (TPSA) is 32.3 Å². The number of hydrogen-bond acceptors (Lipinski definition) is 2. The minimum absolute atomic E-state index is 0.174. The first-order chi connectivity index (χ1) is 14.5. The van der Waals surface area contributed by atoms with Gasteiger partial charge in [-0.05, 0) is 67.0 Å². The van der Waals surface area contributed by atoms with Crippen LogP contribution in [0, 0.1) is 5.92 Å². The van der Waals surface area contributed by atoms with Crippen molar-refractivity contribution in [1.82, 2.24) is 5.32 Å². The van der Waals surface area contributed by atoms with Crippen LogP contribution >= 0.6 is 0 Å². The number of hydrogen-bond donors (Lipinski definition) is 2. The summed E-state index contributed by atoms with van der Waals surface area (Å²) in [6, 6.07) is 8.92. The molecule has 4 rings (SSSR count). The van der Waals surface area contributed by atoms with Crippen LogP contribution in [0.25, 0.3) is 0 Å². The minimum Gasteiger partial charge on any atom is -0.380 e. The average molecular weight is 443 g/mol. The number of piperidine rings is 2. The lowest BCUT2D eigenvalue weighted by atomic mass is 9.67. The Balaban J connectivity index is 1.77. The Morgan fingerprint density at radius 1 is 0.645 bits per heavy atom. The Bertz CT molecular complexity index is 834. The normalized spacial score (nSPS) is 24.8. The zero-order valence-electron chi connectivity index (χ0n) is 16.6. The number of halogens is 6. The van der Waals surface area contributed by atoms with E-state index >= 15 is 0 Å². The van der Waals surface area contributed by atoms with Gasteiger partial charge in [0.1, 0.15) is 5.60 Å². The largest absolute Gasteiger partial charge is 0.416 e. The first-order valence-electron chi connectivity index (χ1n) is 10.3. The fraction of sp³-hybridized carbons (Fsp3) is 0.478. The Morgan fingerprint density at radius 2 is 1.00 bits per heavy atom. The van der Waals surface area contributed by atoms with Gasteiger partial charge in [-0.15, -0.1) is 0 Å². The first kappa shape index (κ1) is 22.1. The van der Waals surface area contributed by atoms with Gasteiger partial charge in [0.2, 0.25) is 0 Å². The van der Waals surface area contributed by atoms with Gasteiger partial charge in [-0.25, -0.2) is 0 Å². The number of rotatable bonds is 3. The Labute approximate surface area is 176 Å². The Morgan fingerprint density at radius 3 is 1.35 bits per heavy atom. The van der Waals surface area contributed by atoms with Crippen LogP contribution in [0.5, 0.6) is 0 Å². The van der Waals surface area contributed by atoms with Crippen molar-refractivity contribution < 1.29 is 31.4 Å². The molecule has 8 heteroatoms. The van der Waals surface area contributed by atoms with Crippen molar-refractivity contribution in [1.29, 1.82) is 0 Å². The van der Waals surface area contributed by atoms with E-state index in [2.05, 4.69) is 5.32 Å². The third kappa shape index (κ3) is 4.32. The standard InChI is InChI=1S/C23H23F6NO/c24-22(25,26)16-8-4-14(5-9-16)21(31,15-6-10-17(11-7-15)23(27,28)29)18-12-19-2-1-3-20(13-18)30-19/h4-11,18-20,30-31H,1-3,12-13H2. The summed E-state index contributed by atoms with van der Waals surface area (Å²) in [5, 5.41) is 15.4. The summed E-state index contributed by atoms with van der Waals surface area (Å²) < 4.78 is 78.2. The zero-order valence-corrected chi connectivity index (χ0v) is 16.6. The maximum Gasteiger partial charge on any atom is 0.416 e. The molecule has 2 aromatic rings. The highest BCUT2D eigenvalue weighted by Crippen LogP contribution is 2.46. The molecule has 2 unspecified atom stereocenters. The SMILES string of the molecule is OC(c1ccc(C(F)(F)F)cc1)(c1ccc(C(F)(F)F)cc1)C1CC2CCCC(C1)N2. The van der Waals surface area contributed by atoms with Gasteiger partial charge in [0.15, 0.2) is 0 Å². The van der Waals surface area contributed by atoms with Gasteiger partial charge >= 0.3 is 12.4 Å². The first-order valence-corrected chi connectivity index (χ1v) is 10.3. The van der Waals surface area contributed by atoms with Gasteiger partial charge in [0.05, 0.1) is 11.1 Å². The molecule has 2 atom stereocenters. The van der Waals surface area contributed by atoms with Crippen LogP contribution in [-0.2, 0) is 18.0 Å². The van der Waals surface area contributed by atoms with Gasteiger partial charge in [0, 0.05) is 12.1 Å². The van der Waals surface area contributed by atoms with E-state index in [1.807, 2.05) is 0 Å². The monoisotopic (exact) mass is 443 g/mol. The fourth-order valence-electron chi connectivity index (χ4n) is 5.07. The molecule has 2 N–H and O–H groups in total. The number of aliphatic hydroxyl groups is 1.